The number of aliphatic imine (C=N–C) groups is 1. The minimum absolute atomic E-state index is 0.680. The summed E-state index contributed by atoms with van der Waals surface area (Å²) >= 11 is 0. The molecule has 0 saturated heterocycles. The molecule has 0 aliphatic heterocycles. The average molecular weight is 293 g/mol. The minimum Gasteiger partial charge on any atom is -0.494 e. The first-order valence-electron chi connectivity index (χ1n) is 7.54. The Balaban J connectivity index is 2.32. The van der Waals surface area contributed by atoms with Crippen LogP contribution >= 0.6 is 0 Å². The number of hydrogen-bond donors (Lipinski definition) is 2. The molecule has 0 unspecified atom stereocenters. The van der Waals surface area contributed by atoms with Gasteiger partial charge < -0.3 is 20.1 Å². The fraction of sp³-hybridized carbons (Fsp3) is 0.562. The number of guanidine groups is 1. The highest BCUT2D eigenvalue weighted by atomic mass is 16.5. The standard InChI is InChI=1S/C16H27N3O2/c1-4-20-11-7-10-18-16(17-3)19-13-14-8-6-9-15(12-14)21-5-2/h6,8-9,12H,4-5,7,10-11,13H2,1-3H3,(H2,17,18,19). The second-order valence-corrected chi connectivity index (χ2v) is 4.48. The van der Waals surface area contributed by atoms with Gasteiger partial charge in [0, 0.05) is 33.4 Å². The fourth-order valence-corrected chi connectivity index (χ4v) is 1.84. The highest BCUT2D eigenvalue weighted by Crippen LogP contribution is 2.12. The van der Waals surface area contributed by atoms with Gasteiger partial charge in [-0.05, 0) is 38.0 Å². The van der Waals surface area contributed by atoms with Gasteiger partial charge in [-0.15, -0.1) is 0 Å². The molecule has 1 aromatic carbocycles. The van der Waals surface area contributed by atoms with Crippen LogP contribution in [-0.4, -0.2) is 39.4 Å². The maximum Gasteiger partial charge on any atom is 0.191 e. The first-order chi connectivity index (χ1) is 10.3. The number of nitrogens with one attached hydrogen (secondary N) is 2. The molecular formula is C16H27N3O2. The third kappa shape index (κ3) is 7.56. The lowest BCUT2D eigenvalue weighted by Crippen LogP contribution is -2.37. The van der Waals surface area contributed by atoms with E-state index in [4.69, 9.17) is 9.47 Å². The SMILES string of the molecule is CCOCCCNC(=NC)NCc1cccc(OCC)c1. The van der Waals surface area contributed by atoms with Crippen LogP contribution in [0.5, 0.6) is 5.75 Å². The van der Waals surface area contributed by atoms with Crippen molar-refractivity contribution in [2.75, 3.05) is 33.4 Å². The molecule has 0 aliphatic rings. The molecule has 0 atom stereocenters. The van der Waals surface area contributed by atoms with Crippen molar-refractivity contribution in [3.63, 3.8) is 0 Å². The van der Waals surface area contributed by atoms with Crippen LogP contribution in [0.2, 0.25) is 0 Å². The second kappa shape index (κ2) is 11.0. The first kappa shape index (κ1) is 17.3. The van der Waals surface area contributed by atoms with E-state index in [0.717, 1.165) is 37.9 Å². The first-order valence-corrected chi connectivity index (χ1v) is 7.54. The van der Waals surface area contributed by atoms with Crippen LogP contribution < -0.4 is 15.4 Å². The van der Waals surface area contributed by atoms with Gasteiger partial charge in [0.15, 0.2) is 5.96 Å². The molecule has 0 aliphatic carbocycles. The molecule has 5 nitrogen and oxygen atoms in total. The van der Waals surface area contributed by atoms with Crippen molar-refractivity contribution in [3.8, 4) is 5.75 Å². The van der Waals surface area contributed by atoms with E-state index in [2.05, 4.69) is 21.7 Å². The molecule has 2 N–H and O–H groups in total. The summed E-state index contributed by atoms with van der Waals surface area (Å²) in [5.74, 6) is 1.70. The summed E-state index contributed by atoms with van der Waals surface area (Å²) in [5, 5.41) is 6.55. The Kier molecular flexibility index (Phi) is 9.04. The topological polar surface area (TPSA) is 54.9 Å². The molecule has 1 aromatic rings. The van der Waals surface area contributed by atoms with Crippen LogP contribution in [0.15, 0.2) is 29.3 Å². The summed E-state index contributed by atoms with van der Waals surface area (Å²) in [6, 6.07) is 8.07. The van der Waals surface area contributed by atoms with E-state index in [1.54, 1.807) is 7.05 Å². The van der Waals surface area contributed by atoms with E-state index < -0.39 is 0 Å². The Morgan fingerprint density at radius 2 is 2.05 bits per heavy atom. The predicted octanol–water partition coefficient (Wildman–Crippen LogP) is 2.18. The van der Waals surface area contributed by atoms with Crippen LogP contribution in [0.25, 0.3) is 0 Å². The maximum atomic E-state index is 5.49. The molecule has 118 valence electrons. The Hall–Kier alpha value is -1.75. The normalized spacial score (nSPS) is 11.3. The third-order valence-corrected chi connectivity index (χ3v) is 2.86. The van der Waals surface area contributed by atoms with Crippen molar-refractivity contribution >= 4 is 5.96 Å². The van der Waals surface area contributed by atoms with Gasteiger partial charge in [0.25, 0.3) is 0 Å². The van der Waals surface area contributed by atoms with E-state index in [0.29, 0.717) is 13.2 Å². The number of benzene rings is 1. The van der Waals surface area contributed by atoms with Gasteiger partial charge in [0.1, 0.15) is 5.75 Å². The quantitative estimate of drug-likeness (QED) is 0.416. The molecule has 5 heteroatoms. The zero-order chi connectivity index (χ0) is 15.3. The molecule has 1 rings (SSSR count). The Bertz CT molecular complexity index is 422. The lowest BCUT2D eigenvalue weighted by molar-refractivity contribution is 0.145. The van der Waals surface area contributed by atoms with Gasteiger partial charge >= 0.3 is 0 Å². The Morgan fingerprint density at radius 1 is 1.19 bits per heavy atom. The number of hydrogen-bond acceptors (Lipinski definition) is 3. The van der Waals surface area contributed by atoms with Crippen molar-refractivity contribution < 1.29 is 9.47 Å². The van der Waals surface area contributed by atoms with E-state index >= 15 is 0 Å². The van der Waals surface area contributed by atoms with Gasteiger partial charge in [-0.2, -0.15) is 0 Å². The number of ether oxygens (including phenoxy) is 2. The fourth-order valence-electron chi connectivity index (χ4n) is 1.84. The molecule has 0 bridgehead atoms. The monoisotopic (exact) mass is 293 g/mol. The molecule has 0 spiro atoms. The summed E-state index contributed by atoms with van der Waals surface area (Å²) in [5.41, 5.74) is 1.17. The second-order valence-electron chi connectivity index (χ2n) is 4.48. The van der Waals surface area contributed by atoms with Crippen molar-refractivity contribution in [3.05, 3.63) is 29.8 Å². The molecule has 0 saturated carbocycles. The summed E-state index contributed by atoms with van der Waals surface area (Å²) in [6.45, 7) is 7.77. The van der Waals surface area contributed by atoms with Gasteiger partial charge in [0.2, 0.25) is 0 Å². The third-order valence-electron chi connectivity index (χ3n) is 2.86. The van der Waals surface area contributed by atoms with Crippen molar-refractivity contribution in [2.24, 2.45) is 4.99 Å². The summed E-state index contributed by atoms with van der Waals surface area (Å²) < 4.78 is 10.8. The zero-order valence-corrected chi connectivity index (χ0v) is 13.3. The molecule has 0 amide bonds. The van der Waals surface area contributed by atoms with Crippen LogP contribution in [0, 0.1) is 0 Å². The molecule has 0 fully saturated rings. The summed E-state index contributed by atoms with van der Waals surface area (Å²) in [4.78, 5) is 4.20. The highest BCUT2D eigenvalue weighted by Gasteiger charge is 1.99. The van der Waals surface area contributed by atoms with Gasteiger partial charge in [-0.3, -0.25) is 4.99 Å². The predicted molar refractivity (Wildman–Crippen MR) is 86.9 cm³/mol. The summed E-state index contributed by atoms with van der Waals surface area (Å²) in [6.07, 6.45) is 0.967. The Labute approximate surface area is 127 Å². The lowest BCUT2D eigenvalue weighted by atomic mass is 10.2. The van der Waals surface area contributed by atoms with E-state index in [1.807, 2.05) is 32.0 Å². The van der Waals surface area contributed by atoms with E-state index in [1.165, 1.54) is 5.56 Å². The minimum atomic E-state index is 0.680. The summed E-state index contributed by atoms with van der Waals surface area (Å²) in [7, 11) is 1.77. The smallest absolute Gasteiger partial charge is 0.191 e. The van der Waals surface area contributed by atoms with E-state index in [-0.39, 0.29) is 0 Å². The maximum absolute atomic E-state index is 5.49. The molecule has 0 aromatic heterocycles. The zero-order valence-electron chi connectivity index (χ0n) is 13.3. The Morgan fingerprint density at radius 3 is 2.76 bits per heavy atom. The largest absolute Gasteiger partial charge is 0.494 e. The van der Waals surface area contributed by atoms with Gasteiger partial charge in [-0.1, -0.05) is 12.1 Å². The molecule has 0 heterocycles. The van der Waals surface area contributed by atoms with E-state index in [9.17, 15) is 0 Å². The van der Waals surface area contributed by atoms with Crippen molar-refractivity contribution in [1.29, 1.82) is 0 Å². The van der Waals surface area contributed by atoms with Crippen LogP contribution in [0.3, 0.4) is 0 Å². The van der Waals surface area contributed by atoms with Crippen LogP contribution in [0.4, 0.5) is 0 Å². The van der Waals surface area contributed by atoms with Gasteiger partial charge in [-0.25, -0.2) is 0 Å². The molecular weight excluding hydrogens is 266 g/mol. The molecule has 0 radical (unpaired) electrons. The average Bonchev–Trinajstić information content (AvgIpc) is 2.51. The molecule has 21 heavy (non-hydrogen) atoms. The lowest BCUT2D eigenvalue weighted by Gasteiger charge is -2.12. The number of nitrogens with zero attached hydrogens (tertiary/aromatic N) is 1. The van der Waals surface area contributed by atoms with Crippen LogP contribution in [-0.2, 0) is 11.3 Å². The van der Waals surface area contributed by atoms with Gasteiger partial charge in [0.05, 0.1) is 6.61 Å². The highest BCUT2D eigenvalue weighted by molar-refractivity contribution is 5.79. The van der Waals surface area contributed by atoms with Crippen molar-refractivity contribution in [2.45, 2.75) is 26.8 Å². The number of rotatable bonds is 9. The van der Waals surface area contributed by atoms with Crippen molar-refractivity contribution in [1.82, 2.24) is 10.6 Å². The van der Waals surface area contributed by atoms with Crippen LogP contribution in [0.1, 0.15) is 25.8 Å².